The SMILES string of the molecule is Cc1ccccc1C(=O)N1CCCC(c2nc(-c3ccccc3)no2)C1. The molecular weight excluding hydrogens is 326 g/mol. The molecule has 3 aromatic rings. The van der Waals surface area contributed by atoms with E-state index in [2.05, 4.69) is 10.1 Å². The highest BCUT2D eigenvalue weighted by Crippen LogP contribution is 2.28. The summed E-state index contributed by atoms with van der Waals surface area (Å²) in [7, 11) is 0. The molecule has 4 rings (SSSR count). The third-order valence-electron chi connectivity index (χ3n) is 4.91. The Labute approximate surface area is 152 Å². The van der Waals surface area contributed by atoms with E-state index in [9.17, 15) is 4.79 Å². The number of amides is 1. The van der Waals surface area contributed by atoms with Gasteiger partial charge in [-0.25, -0.2) is 0 Å². The van der Waals surface area contributed by atoms with Gasteiger partial charge in [-0.15, -0.1) is 0 Å². The molecule has 1 atom stereocenters. The van der Waals surface area contributed by atoms with Crippen molar-refractivity contribution >= 4 is 5.91 Å². The second-order valence-electron chi connectivity index (χ2n) is 6.73. The van der Waals surface area contributed by atoms with Crippen molar-refractivity contribution < 1.29 is 9.32 Å². The maximum Gasteiger partial charge on any atom is 0.254 e. The van der Waals surface area contributed by atoms with Crippen LogP contribution in [0.3, 0.4) is 0 Å². The molecule has 1 aromatic heterocycles. The molecule has 1 saturated heterocycles. The van der Waals surface area contributed by atoms with Crippen molar-refractivity contribution in [2.75, 3.05) is 13.1 Å². The summed E-state index contributed by atoms with van der Waals surface area (Å²) >= 11 is 0. The lowest BCUT2D eigenvalue weighted by molar-refractivity contribution is 0.0695. The molecular formula is C21H21N3O2. The first kappa shape index (κ1) is 16.5. The summed E-state index contributed by atoms with van der Waals surface area (Å²) in [6.07, 6.45) is 1.89. The number of rotatable bonds is 3. The van der Waals surface area contributed by atoms with E-state index in [-0.39, 0.29) is 11.8 Å². The molecule has 0 aliphatic carbocycles. The summed E-state index contributed by atoms with van der Waals surface area (Å²) in [5, 5.41) is 4.11. The molecule has 132 valence electrons. The van der Waals surface area contributed by atoms with Crippen LogP contribution >= 0.6 is 0 Å². The van der Waals surface area contributed by atoms with E-state index in [1.165, 1.54) is 0 Å². The van der Waals surface area contributed by atoms with Crippen LogP contribution in [0.2, 0.25) is 0 Å². The van der Waals surface area contributed by atoms with Gasteiger partial charge < -0.3 is 9.42 Å². The smallest absolute Gasteiger partial charge is 0.254 e. The van der Waals surface area contributed by atoms with Crippen molar-refractivity contribution in [1.82, 2.24) is 15.0 Å². The van der Waals surface area contributed by atoms with E-state index in [4.69, 9.17) is 4.52 Å². The summed E-state index contributed by atoms with van der Waals surface area (Å²) in [6.45, 7) is 3.35. The highest BCUT2D eigenvalue weighted by molar-refractivity contribution is 5.95. The normalized spacial score (nSPS) is 17.3. The van der Waals surface area contributed by atoms with Gasteiger partial charge in [0.2, 0.25) is 11.7 Å². The van der Waals surface area contributed by atoms with Gasteiger partial charge in [0.15, 0.2) is 0 Å². The molecule has 26 heavy (non-hydrogen) atoms. The van der Waals surface area contributed by atoms with E-state index in [0.29, 0.717) is 18.3 Å². The topological polar surface area (TPSA) is 59.2 Å². The molecule has 0 saturated carbocycles. The van der Waals surface area contributed by atoms with Gasteiger partial charge in [-0.1, -0.05) is 53.7 Å². The predicted octanol–water partition coefficient (Wildman–Crippen LogP) is 4.06. The molecule has 2 aromatic carbocycles. The second kappa shape index (κ2) is 7.12. The van der Waals surface area contributed by atoms with Crippen LogP contribution in [0.15, 0.2) is 59.1 Å². The Balaban J connectivity index is 1.52. The van der Waals surface area contributed by atoms with Crippen molar-refractivity contribution in [2.45, 2.75) is 25.7 Å². The molecule has 0 spiro atoms. The van der Waals surface area contributed by atoms with Crippen LogP contribution < -0.4 is 0 Å². The van der Waals surface area contributed by atoms with E-state index in [1.54, 1.807) is 0 Å². The number of aromatic nitrogens is 2. The summed E-state index contributed by atoms with van der Waals surface area (Å²) in [5.41, 5.74) is 2.71. The van der Waals surface area contributed by atoms with Crippen LogP contribution in [0, 0.1) is 6.92 Å². The van der Waals surface area contributed by atoms with E-state index in [1.807, 2.05) is 66.4 Å². The minimum absolute atomic E-state index is 0.0793. The summed E-state index contributed by atoms with van der Waals surface area (Å²) in [5.74, 6) is 1.38. The third kappa shape index (κ3) is 3.25. The number of nitrogens with zero attached hydrogens (tertiary/aromatic N) is 3. The molecule has 0 radical (unpaired) electrons. The van der Waals surface area contributed by atoms with Crippen molar-refractivity contribution in [1.29, 1.82) is 0 Å². The zero-order chi connectivity index (χ0) is 17.9. The van der Waals surface area contributed by atoms with Gasteiger partial charge in [0, 0.05) is 24.2 Å². The molecule has 1 amide bonds. The average Bonchev–Trinajstić information content (AvgIpc) is 3.19. The zero-order valence-electron chi connectivity index (χ0n) is 14.8. The zero-order valence-corrected chi connectivity index (χ0v) is 14.8. The number of hydrogen-bond donors (Lipinski definition) is 0. The van der Waals surface area contributed by atoms with Crippen LogP contribution in [0.25, 0.3) is 11.4 Å². The second-order valence-corrected chi connectivity index (χ2v) is 6.73. The van der Waals surface area contributed by atoms with Crippen molar-refractivity contribution in [2.24, 2.45) is 0 Å². The molecule has 1 unspecified atom stereocenters. The van der Waals surface area contributed by atoms with Crippen molar-refractivity contribution in [3.05, 3.63) is 71.6 Å². The Kier molecular flexibility index (Phi) is 4.52. The van der Waals surface area contributed by atoms with E-state index in [0.717, 1.165) is 36.1 Å². The fourth-order valence-electron chi connectivity index (χ4n) is 3.45. The van der Waals surface area contributed by atoms with E-state index < -0.39 is 0 Å². The molecule has 1 aliphatic rings. The lowest BCUT2D eigenvalue weighted by Crippen LogP contribution is -2.39. The van der Waals surface area contributed by atoms with Crippen molar-refractivity contribution in [3.63, 3.8) is 0 Å². The monoisotopic (exact) mass is 347 g/mol. The summed E-state index contributed by atoms with van der Waals surface area (Å²) < 4.78 is 5.52. The number of benzene rings is 2. The van der Waals surface area contributed by atoms with E-state index >= 15 is 0 Å². The fourth-order valence-corrected chi connectivity index (χ4v) is 3.45. The molecule has 0 N–H and O–H groups in total. The van der Waals surface area contributed by atoms with Crippen LogP contribution in [-0.4, -0.2) is 34.0 Å². The Morgan fingerprint density at radius 2 is 1.88 bits per heavy atom. The first-order valence-corrected chi connectivity index (χ1v) is 8.96. The quantitative estimate of drug-likeness (QED) is 0.717. The minimum Gasteiger partial charge on any atom is -0.339 e. The number of hydrogen-bond acceptors (Lipinski definition) is 4. The number of carbonyl (C=O) groups excluding carboxylic acids is 1. The maximum atomic E-state index is 12.9. The van der Waals surface area contributed by atoms with Gasteiger partial charge in [0.1, 0.15) is 0 Å². The largest absolute Gasteiger partial charge is 0.339 e. The lowest BCUT2D eigenvalue weighted by atomic mass is 9.96. The first-order valence-electron chi connectivity index (χ1n) is 8.96. The van der Waals surface area contributed by atoms with Gasteiger partial charge in [0.05, 0.1) is 5.92 Å². The molecule has 5 heteroatoms. The Morgan fingerprint density at radius 3 is 2.69 bits per heavy atom. The highest BCUT2D eigenvalue weighted by atomic mass is 16.5. The molecule has 1 aliphatic heterocycles. The molecule has 5 nitrogen and oxygen atoms in total. The Bertz CT molecular complexity index is 904. The van der Waals surface area contributed by atoms with Gasteiger partial charge >= 0.3 is 0 Å². The van der Waals surface area contributed by atoms with Gasteiger partial charge in [-0.2, -0.15) is 4.98 Å². The molecule has 0 bridgehead atoms. The average molecular weight is 347 g/mol. The molecule has 1 fully saturated rings. The number of likely N-dealkylation sites (tertiary alicyclic amines) is 1. The van der Waals surface area contributed by atoms with Gasteiger partial charge in [0.25, 0.3) is 5.91 Å². The van der Waals surface area contributed by atoms with Gasteiger partial charge in [-0.3, -0.25) is 4.79 Å². The van der Waals surface area contributed by atoms with Crippen LogP contribution in [0.1, 0.15) is 40.6 Å². The van der Waals surface area contributed by atoms with Gasteiger partial charge in [-0.05, 0) is 31.4 Å². The third-order valence-corrected chi connectivity index (χ3v) is 4.91. The predicted molar refractivity (Wildman–Crippen MR) is 98.8 cm³/mol. The Hall–Kier alpha value is -2.95. The standard InChI is InChI=1S/C21H21N3O2/c1-15-8-5-6-12-18(15)21(25)24-13-7-11-17(14-24)20-22-19(23-26-20)16-9-3-2-4-10-16/h2-6,8-10,12,17H,7,11,13-14H2,1H3. The first-order chi connectivity index (χ1) is 12.7. The Morgan fingerprint density at radius 1 is 1.12 bits per heavy atom. The summed E-state index contributed by atoms with van der Waals surface area (Å²) in [6, 6.07) is 17.5. The van der Waals surface area contributed by atoms with Crippen LogP contribution in [0.4, 0.5) is 0 Å². The number of carbonyl (C=O) groups is 1. The fraction of sp³-hybridized carbons (Fsp3) is 0.286. The molecule has 2 heterocycles. The van der Waals surface area contributed by atoms with Crippen LogP contribution in [-0.2, 0) is 0 Å². The number of piperidine rings is 1. The number of aryl methyl sites for hydroxylation is 1. The maximum absolute atomic E-state index is 12.9. The highest BCUT2D eigenvalue weighted by Gasteiger charge is 2.29. The van der Waals surface area contributed by atoms with Crippen LogP contribution in [0.5, 0.6) is 0 Å². The summed E-state index contributed by atoms with van der Waals surface area (Å²) in [4.78, 5) is 19.4. The minimum atomic E-state index is 0.0793. The van der Waals surface area contributed by atoms with Crippen molar-refractivity contribution in [3.8, 4) is 11.4 Å². The lowest BCUT2D eigenvalue weighted by Gasteiger charge is -2.31.